The van der Waals surface area contributed by atoms with Gasteiger partial charge in [-0.2, -0.15) is 5.26 Å². The Kier molecular flexibility index (Phi) is 5.69. The number of allylic oxidation sites excluding steroid dienone is 1. The summed E-state index contributed by atoms with van der Waals surface area (Å²) in [5.74, 6) is 0.561. The van der Waals surface area contributed by atoms with Crippen molar-refractivity contribution in [3.63, 3.8) is 0 Å². The van der Waals surface area contributed by atoms with Gasteiger partial charge in [-0.15, -0.1) is 11.3 Å². The lowest BCUT2D eigenvalue weighted by atomic mass is 10.2. The van der Waals surface area contributed by atoms with Gasteiger partial charge in [0.05, 0.1) is 17.9 Å². The molecular formula is C20H21N3O2S. The van der Waals surface area contributed by atoms with Gasteiger partial charge in [0.25, 0.3) is 0 Å². The highest BCUT2D eigenvalue weighted by Crippen LogP contribution is 2.40. The van der Waals surface area contributed by atoms with Crippen molar-refractivity contribution >= 4 is 28.6 Å². The summed E-state index contributed by atoms with van der Waals surface area (Å²) in [7, 11) is 0. The van der Waals surface area contributed by atoms with Crippen LogP contribution in [0.1, 0.15) is 53.7 Å². The van der Waals surface area contributed by atoms with E-state index >= 15 is 0 Å². The molecule has 2 aromatic rings. The van der Waals surface area contributed by atoms with Crippen LogP contribution < -0.4 is 5.32 Å². The molecule has 0 spiro atoms. The van der Waals surface area contributed by atoms with Crippen molar-refractivity contribution in [2.75, 3.05) is 11.9 Å². The highest BCUT2D eigenvalue weighted by atomic mass is 32.1. The van der Waals surface area contributed by atoms with E-state index in [9.17, 15) is 10.1 Å². The van der Waals surface area contributed by atoms with Crippen molar-refractivity contribution in [3.05, 3.63) is 52.1 Å². The number of nitrogens with zero attached hydrogens (tertiary/aromatic N) is 2. The van der Waals surface area contributed by atoms with Crippen LogP contribution in [0.5, 0.6) is 0 Å². The van der Waals surface area contributed by atoms with E-state index in [1.54, 1.807) is 30.5 Å². The minimum atomic E-state index is -0.325. The van der Waals surface area contributed by atoms with E-state index in [2.05, 4.69) is 16.4 Å². The number of ether oxygens (including phenoxy) is 1. The van der Waals surface area contributed by atoms with Crippen LogP contribution in [0.25, 0.3) is 5.57 Å². The molecule has 1 aromatic heterocycles. The lowest BCUT2D eigenvalue weighted by molar-refractivity contribution is 0.0459. The van der Waals surface area contributed by atoms with Crippen LogP contribution in [-0.2, 0) is 4.74 Å². The summed E-state index contributed by atoms with van der Waals surface area (Å²) >= 11 is 1.50. The fourth-order valence-electron chi connectivity index (χ4n) is 2.30. The Balaban J connectivity index is 1.62. The Labute approximate surface area is 157 Å². The first-order chi connectivity index (χ1) is 12.6. The average molecular weight is 367 g/mol. The Hall–Kier alpha value is -2.65. The predicted molar refractivity (Wildman–Crippen MR) is 103 cm³/mol. The van der Waals surface area contributed by atoms with E-state index < -0.39 is 0 Å². The van der Waals surface area contributed by atoms with Crippen LogP contribution >= 0.6 is 11.3 Å². The van der Waals surface area contributed by atoms with Crippen molar-refractivity contribution < 1.29 is 9.53 Å². The van der Waals surface area contributed by atoms with Crippen molar-refractivity contribution in [3.8, 4) is 6.07 Å². The molecule has 134 valence electrons. The van der Waals surface area contributed by atoms with Gasteiger partial charge in [-0.25, -0.2) is 9.78 Å². The van der Waals surface area contributed by atoms with Gasteiger partial charge in [0.2, 0.25) is 0 Å². The van der Waals surface area contributed by atoms with Crippen molar-refractivity contribution in [1.29, 1.82) is 5.26 Å². The van der Waals surface area contributed by atoms with Crippen LogP contribution in [0.3, 0.4) is 0 Å². The second kappa shape index (κ2) is 8.15. The molecule has 1 aliphatic rings. The predicted octanol–water partition coefficient (Wildman–Crippen LogP) is 4.81. The van der Waals surface area contributed by atoms with E-state index in [4.69, 9.17) is 4.74 Å². The number of aromatic nitrogens is 1. The van der Waals surface area contributed by atoms with Gasteiger partial charge in [0.1, 0.15) is 16.6 Å². The molecule has 3 rings (SSSR count). The number of carbonyl (C=O) groups excluding carboxylic acids is 1. The standard InChI is InChI=1S/C20H21N3O2S/c1-13(2)11-25-20(24)15-5-7-17(8-6-15)22-10-16(9-21)19-23-18(12-26-19)14-3-4-14/h5-8,10,12-14,22H,3-4,11H2,1-2H3/b16-10+. The Morgan fingerprint density at radius 2 is 2.15 bits per heavy atom. The Morgan fingerprint density at radius 3 is 2.77 bits per heavy atom. The summed E-state index contributed by atoms with van der Waals surface area (Å²) < 4.78 is 5.21. The summed E-state index contributed by atoms with van der Waals surface area (Å²) in [6.07, 6.45) is 4.04. The zero-order chi connectivity index (χ0) is 18.5. The molecule has 0 saturated heterocycles. The lowest BCUT2D eigenvalue weighted by Crippen LogP contribution is -2.10. The fraction of sp³-hybridized carbons (Fsp3) is 0.350. The first kappa shape index (κ1) is 18.2. The number of hydrogen-bond acceptors (Lipinski definition) is 6. The normalized spacial score (nSPS) is 14.2. The molecule has 0 unspecified atom stereocenters. The molecule has 0 atom stereocenters. The van der Waals surface area contributed by atoms with Gasteiger partial charge in [0.15, 0.2) is 0 Å². The molecule has 1 N–H and O–H groups in total. The SMILES string of the molecule is CC(C)COC(=O)c1ccc(N/C=C(\C#N)c2nc(C3CC3)cs2)cc1. The summed E-state index contributed by atoms with van der Waals surface area (Å²) in [4.78, 5) is 16.5. The van der Waals surface area contributed by atoms with Crippen LogP contribution in [0.15, 0.2) is 35.8 Å². The zero-order valence-electron chi connectivity index (χ0n) is 14.9. The van der Waals surface area contributed by atoms with E-state index in [0.717, 1.165) is 16.4 Å². The van der Waals surface area contributed by atoms with E-state index in [1.807, 2.05) is 19.2 Å². The molecule has 5 nitrogen and oxygen atoms in total. The second-order valence-electron chi connectivity index (χ2n) is 6.74. The van der Waals surface area contributed by atoms with Gasteiger partial charge in [-0.3, -0.25) is 0 Å². The summed E-state index contributed by atoms with van der Waals surface area (Å²) in [6.45, 7) is 4.40. The number of nitriles is 1. The van der Waals surface area contributed by atoms with Crippen LogP contribution in [-0.4, -0.2) is 17.6 Å². The number of anilines is 1. The molecule has 0 amide bonds. The van der Waals surface area contributed by atoms with Crippen molar-refractivity contribution in [1.82, 2.24) is 4.98 Å². The number of carbonyl (C=O) groups is 1. The van der Waals surface area contributed by atoms with Gasteiger partial charge in [-0.05, 0) is 43.0 Å². The van der Waals surface area contributed by atoms with Crippen LogP contribution in [0.2, 0.25) is 0 Å². The van der Waals surface area contributed by atoms with Gasteiger partial charge in [0, 0.05) is 23.2 Å². The maximum Gasteiger partial charge on any atom is 0.338 e. The quantitative estimate of drug-likeness (QED) is 0.561. The zero-order valence-corrected chi connectivity index (χ0v) is 15.7. The summed E-state index contributed by atoms with van der Waals surface area (Å²) in [5.41, 5.74) is 2.89. The van der Waals surface area contributed by atoms with Gasteiger partial charge in [-0.1, -0.05) is 13.8 Å². The maximum absolute atomic E-state index is 11.9. The number of rotatable bonds is 7. The highest BCUT2D eigenvalue weighted by Gasteiger charge is 2.26. The third kappa shape index (κ3) is 4.70. The maximum atomic E-state index is 11.9. The smallest absolute Gasteiger partial charge is 0.338 e. The number of thiazole rings is 1. The monoisotopic (exact) mass is 367 g/mol. The molecule has 1 saturated carbocycles. The summed E-state index contributed by atoms with van der Waals surface area (Å²) in [6, 6.07) is 9.18. The molecule has 26 heavy (non-hydrogen) atoms. The number of esters is 1. The minimum absolute atomic E-state index is 0.306. The van der Waals surface area contributed by atoms with Gasteiger partial charge < -0.3 is 10.1 Å². The largest absolute Gasteiger partial charge is 0.462 e. The van der Waals surface area contributed by atoms with Crippen molar-refractivity contribution in [2.24, 2.45) is 5.92 Å². The first-order valence-corrected chi connectivity index (χ1v) is 9.54. The molecule has 0 bridgehead atoms. The minimum Gasteiger partial charge on any atom is -0.462 e. The van der Waals surface area contributed by atoms with E-state index in [1.165, 1.54) is 24.2 Å². The molecule has 6 heteroatoms. The highest BCUT2D eigenvalue weighted by molar-refractivity contribution is 7.10. The number of hydrogen-bond donors (Lipinski definition) is 1. The number of nitrogens with one attached hydrogen (secondary N) is 1. The molecule has 1 aromatic carbocycles. The molecule has 0 aliphatic heterocycles. The Bertz CT molecular complexity index is 843. The molecule has 1 heterocycles. The molecule has 1 aliphatic carbocycles. The molecular weight excluding hydrogens is 346 g/mol. The Morgan fingerprint density at radius 1 is 1.42 bits per heavy atom. The van der Waals surface area contributed by atoms with Gasteiger partial charge >= 0.3 is 5.97 Å². The number of benzene rings is 1. The fourth-order valence-corrected chi connectivity index (χ4v) is 3.17. The topological polar surface area (TPSA) is 75.0 Å². The van der Waals surface area contributed by atoms with Crippen LogP contribution in [0.4, 0.5) is 5.69 Å². The molecule has 1 fully saturated rings. The molecule has 0 radical (unpaired) electrons. The lowest BCUT2D eigenvalue weighted by Gasteiger charge is -2.07. The van der Waals surface area contributed by atoms with E-state index in [-0.39, 0.29) is 5.97 Å². The van der Waals surface area contributed by atoms with Crippen molar-refractivity contribution in [2.45, 2.75) is 32.6 Å². The second-order valence-corrected chi connectivity index (χ2v) is 7.59. The van der Waals surface area contributed by atoms with E-state index in [0.29, 0.717) is 29.6 Å². The third-order valence-electron chi connectivity index (χ3n) is 3.92. The summed E-state index contributed by atoms with van der Waals surface area (Å²) in [5, 5.41) is 15.3. The van der Waals surface area contributed by atoms with Crippen LogP contribution in [0, 0.1) is 17.2 Å². The average Bonchev–Trinajstić information content (AvgIpc) is 3.39. The first-order valence-electron chi connectivity index (χ1n) is 8.66. The third-order valence-corrected chi connectivity index (χ3v) is 4.81.